The topological polar surface area (TPSA) is 29.1 Å². The summed E-state index contributed by atoms with van der Waals surface area (Å²) in [6.07, 6.45) is 11.8. The molecule has 1 unspecified atom stereocenters. The van der Waals surface area contributed by atoms with Crippen molar-refractivity contribution in [3.63, 3.8) is 0 Å². The van der Waals surface area contributed by atoms with Crippen molar-refractivity contribution in [3.05, 3.63) is 24.3 Å². The summed E-state index contributed by atoms with van der Waals surface area (Å²) in [5.74, 6) is 0. The molecule has 1 aliphatic rings. The summed E-state index contributed by atoms with van der Waals surface area (Å²) in [5, 5.41) is 2.69. The van der Waals surface area contributed by atoms with E-state index >= 15 is 0 Å². The second kappa shape index (κ2) is 5.66. The van der Waals surface area contributed by atoms with Crippen molar-refractivity contribution >= 4 is 6.41 Å². The van der Waals surface area contributed by atoms with E-state index in [9.17, 15) is 4.79 Å². The summed E-state index contributed by atoms with van der Waals surface area (Å²) in [5.41, 5.74) is -0.391. The molecule has 1 amide bonds. The number of hydrogen-bond donors (Lipinski definition) is 1. The van der Waals surface area contributed by atoms with Crippen molar-refractivity contribution in [2.45, 2.75) is 25.3 Å². The molecule has 0 heterocycles. The van der Waals surface area contributed by atoms with Crippen molar-refractivity contribution in [3.8, 4) is 0 Å². The molecule has 0 aromatic heterocycles. The summed E-state index contributed by atoms with van der Waals surface area (Å²) >= 11 is 0. The Balaban J connectivity index is 0.00000121. The Hall–Kier alpha value is 0.0539. The maximum atomic E-state index is 10.2. The summed E-state index contributed by atoms with van der Waals surface area (Å²) in [6.45, 7) is 1.92. The predicted octanol–water partition coefficient (Wildman–Crippen LogP) is 1.20. The first-order valence-corrected chi connectivity index (χ1v) is 3.75. The first-order valence-electron chi connectivity index (χ1n) is 3.75. The van der Waals surface area contributed by atoms with Gasteiger partial charge in [0.15, 0.2) is 0 Å². The molecule has 0 fully saturated rings. The average Bonchev–Trinajstić information content (AvgIpc) is 2.15. The van der Waals surface area contributed by atoms with E-state index in [2.05, 4.69) is 17.5 Å². The molecule has 0 saturated carbocycles. The first-order chi connectivity index (χ1) is 5.27. The van der Waals surface area contributed by atoms with E-state index in [0.717, 1.165) is 12.8 Å². The Morgan fingerprint density at radius 3 is 3.00 bits per heavy atom. The minimum atomic E-state index is -0.391. The average molecular weight is 239 g/mol. The molecule has 2 nitrogen and oxygen atoms in total. The maximum Gasteiger partial charge on any atom is 0.205 e. The zero-order chi connectivity index (χ0) is 8.16. The van der Waals surface area contributed by atoms with Crippen molar-refractivity contribution < 1.29 is 37.5 Å². The molecular formula is C9H12NOY-. The molecular weight excluding hydrogens is 227 g/mol. The van der Waals surface area contributed by atoms with Gasteiger partial charge in [-0.3, -0.25) is 10.9 Å². The van der Waals surface area contributed by atoms with E-state index < -0.39 is 5.54 Å². The van der Waals surface area contributed by atoms with E-state index in [1.807, 2.05) is 19.1 Å². The van der Waals surface area contributed by atoms with Crippen LogP contribution in [-0.4, -0.2) is 11.9 Å². The molecule has 0 aromatic rings. The molecule has 1 N–H and O–H groups in total. The summed E-state index contributed by atoms with van der Waals surface area (Å²) in [6, 6.07) is 0. The molecule has 0 bridgehead atoms. The zero-order valence-electron chi connectivity index (χ0n) is 7.21. The van der Waals surface area contributed by atoms with Crippen molar-refractivity contribution in [2.75, 3.05) is 0 Å². The summed E-state index contributed by atoms with van der Waals surface area (Å²) in [7, 11) is 0. The molecule has 12 heavy (non-hydrogen) atoms. The van der Waals surface area contributed by atoms with Crippen molar-refractivity contribution in [2.24, 2.45) is 0 Å². The fourth-order valence-electron chi connectivity index (χ4n) is 1.04. The number of amides is 1. The van der Waals surface area contributed by atoms with E-state index in [1.165, 1.54) is 0 Å². The van der Waals surface area contributed by atoms with Crippen molar-refractivity contribution in [1.82, 2.24) is 5.32 Å². The molecule has 0 saturated heterocycles. The Labute approximate surface area is 98.4 Å². The standard InChI is InChI=1S/C9H12NO.Y/c1-9(10-8-11)6-4-2-3-5-7-9;/h4-6,8H,2-3H2,1H3,(H,10,11);/q-1;. The molecule has 1 aliphatic carbocycles. The van der Waals surface area contributed by atoms with Crippen molar-refractivity contribution in [1.29, 1.82) is 0 Å². The minimum absolute atomic E-state index is 0. The van der Waals surface area contributed by atoms with Crippen LogP contribution in [0.3, 0.4) is 0 Å². The Kier molecular flexibility index (Phi) is 5.68. The van der Waals surface area contributed by atoms with Crippen LogP contribution in [0, 0.1) is 6.08 Å². The van der Waals surface area contributed by atoms with Crippen LogP contribution < -0.4 is 5.32 Å². The first kappa shape index (κ1) is 12.1. The Morgan fingerprint density at radius 2 is 2.33 bits per heavy atom. The third kappa shape index (κ3) is 3.64. The van der Waals surface area contributed by atoms with Crippen LogP contribution in [0.15, 0.2) is 18.2 Å². The van der Waals surface area contributed by atoms with Gasteiger partial charge in [0.1, 0.15) is 0 Å². The Bertz CT molecular complexity index is 185. The van der Waals surface area contributed by atoms with E-state index in [4.69, 9.17) is 0 Å². The largest absolute Gasteiger partial charge is 0.470 e. The molecule has 0 spiro atoms. The number of nitrogens with one attached hydrogen (secondary N) is 1. The van der Waals surface area contributed by atoms with Gasteiger partial charge in [-0.2, -0.15) is 0 Å². The van der Waals surface area contributed by atoms with Gasteiger partial charge in [-0.25, -0.2) is 0 Å². The number of carbonyl (C=O) groups excluding carboxylic acids is 1. The SMILES string of the molecule is CC1(NC=O)[C-]=CCCC=C1.[Y]. The Morgan fingerprint density at radius 1 is 1.58 bits per heavy atom. The van der Waals surface area contributed by atoms with Crippen LogP contribution >= 0.6 is 0 Å². The van der Waals surface area contributed by atoms with Gasteiger partial charge >= 0.3 is 0 Å². The van der Waals surface area contributed by atoms with Gasteiger partial charge in [0, 0.05) is 32.7 Å². The van der Waals surface area contributed by atoms with E-state index in [0.29, 0.717) is 6.41 Å². The summed E-state index contributed by atoms with van der Waals surface area (Å²) in [4.78, 5) is 10.2. The monoisotopic (exact) mass is 239 g/mol. The zero-order valence-corrected chi connectivity index (χ0v) is 10.0. The molecule has 3 heteroatoms. The third-order valence-corrected chi connectivity index (χ3v) is 1.69. The van der Waals surface area contributed by atoms with Gasteiger partial charge in [-0.15, -0.1) is 0 Å². The number of hydrogen-bond acceptors (Lipinski definition) is 1. The predicted molar refractivity (Wildman–Crippen MR) is 43.8 cm³/mol. The minimum Gasteiger partial charge on any atom is -0.470 e. The van der Waals surface area contributed by atoms with E-state index in [1.54, 1.807) is 0 Å². The second-order valence-corrected chi connectivity index (χ2v) is 2.79. The molecule has 1 radical (unpaired) electrons. The van der Waals surface area contributed by atoms with Gasteiger partial charge in [-0.05, 0) is 6.42 Å². The smallest absolute Gasteiger partial charge is 0.205 e. The fraction of sp³-hybridized carbons (Fsp3) is 0.444. The molecule has 1 rings (SSSR count). The van der Waals surface area contributed by atoms with Crippen LogP contribution in [0.4, 0.5) is 0 Å². The summed E-state index contributed by atoms with van der Waals surface area (Å²) < 4.78 is 0. The maximum absolute atomic E-state index is 10.2. The van der Waals surface area contributed by atoms with Gasteiger partial charge in [0.05, 0.1) is 0 Å². The molecule has 63 valence electrons. The van der Waals surface area contributed by atoms with Crippen LogP contribution in [0.5, 0.6) is 0 Å². The number of rotatable bonds is 2. The quantitative estimate of drug-likeness (QED) is 0.438. The molecule has 0 aromatic carbocycles. The number of allylic oxidation sites excluding steroid dienone is 2. The number of carbonyl (C=O) groups is 1. The van der Waals surface area contributed by atoms with Crippen LogP contribution in [0.25, 0.3) is 0 Å². The van der Waals surface area contributed by atoms with Crippen LogP contribution in [0.2, 0.25) is 0 Å². The third-order valence-electron chi connectivity index (χ3n) is 1.69. The second-order valence-electron chi connectivity index (χ2n) is 2.79. The van der Waals surface area contributed by atoms with Gasteiger partial charge in [0.2, 0.25) is 6.41 Å². The molecule has 1 atom stereocenters. The van der Waals surface area contributed by atoms with Gasteiger partial charge < -0.3 is 11.4 Å². The van der Waals surface area contributed by atoms with Gasteiger partial charge in [-0.1, -0.05) is 31.0 Å². The van der Waals surface area contributed by atoms with E-state index in [-0.39, 0.29) is 32.7 Å². The van der Waals surface area contributed by atoms with Gasteiger partial charge in [0.25, 0.3) is 0 Å². The molecule has 0 aliphatic heterocycles. The normalized spacial score (nSPS) is 27.1. The van der Waals surface area contributed by atoms with Crippen LogP contribution in [0.1, 0.15) is 19.8 Å². The van der Waals surface area contributed by atoms with Crippen LogP contribution in [-0.2, 0) is 37.5 Å². The fourth-order valence-corrected chi connectivity index (χ4v) is 1.04.